The minimum absolute atomic E-state index is 0.159. The van der Waals surface area contributed by atoms with Crippen molar-refractivity contribution in [3.05, 3.63) is 125 Å². The van der Waals surface area contributed by atoms with Crippen molar-refractivity contribution in [2.24, 2.45) is 0 Å². The van der Waals surface area contributed by atoms with Crippen molar-refractivity contribution in [3.63, 3.8) is 0 Å². The van der Waals surface area contributed by atoms with Gasteiger partial charge in [-0.15, -0.1) is 0 Å². The molecule has 0 unspecified atom stereocenters. The Morgan fingerprint density at radius 1 is 0.500 bits per heavy atom. The fourth-order valence-corrected chi connectivity index (χ4v) is 4.48. The van der Waals surface area contributed by atoms with Gasteiger partial charge in [-0.25, -0.2) is 0 Å². The minimum atomic E-state index is -0.473. The van der Waals surface area contributed by atoms with Gasteiger partial charge in [-0.1, -0.05) is 60.7 Å². The van der Waals surface area contributed by atoms with Crippen LogP contribution in [0.4, 0.5) is 0 Å². The highest BCUT2D eigenvalue weighted by Gasteiger charge is 2.24. The number of rotatable bonds is 4. The summed E-state index contributed by atoms with van der Waals surface area (Å²) in [4.78, 5) is 52.6. The molecule has 2 atom stereocenters. The third-order valence-corrected chi connectivity index (χ3v) is 6.29. The van der Waals surface area contributed by atoms with Gasteiger partial charge >= 0.3 is 0 Å². The molecule has 0 radical (unpaired) electrons. The maximum atomic E-state index is 13.1. The van der Waals surface area contributed by atoms with E-state index in [1.165, 1.54) is 21.3 Å². The van der Waals surface area contributed by atoms with Gasteiger partial charge in [0, 0.05) is 0 Å². The largest absolute Gasteiger partial charge is 0.269 e. The van der Waals surface area contributed by atoms with Crippen LogP contribution in [0.5, 0.6) is 0 Å². The first kappa shape index (κ1) is 19.9. The first-order valence-electron chi connectivity index (χ1n) is 10.4. The molecule has 0 saturated heterocycles. The van der Waals surface area contributed by atoms with Crippen LogP contribution in [-0.4, -0.2) is 9.13 Å². The van der Waals surface area contributed by atoms with E-state index in [0.717, 1.165) is 11.1 Å². The average Bonchev–Trinajstić information content (AvgIpc) is 3.22. The zero-order chi connectivity index (χ0) is 22.6. The fourth-order valence-electron chi connectivity index (χ4n) is 4.48. The van der Waals surface area contributed by atoms with Crippen LogP contribution in [0.3, 0.4) is 0 Å². The molecular weight excluding hydrogens is 404 g/mol. The molecule has 2 heterocycles. The van der Waals surface area contributed by atoms with Crippen molar-refractivity contribution in [3.8, 4) is 0 Å². The van der Waals surface area contributed by atoms with E-state index >= 15 is 0 Å². The van der Waals surface area contributed by atoms with E-state index in [0.29, 0.717) is 0 Å². The van der Waals surface area contributed by atoms with Crippen molar-refractivity contribution < 1.29 is 0 Å². The lowest BCUT2D eigenvalue weighted by molar-refractivity contribution is 0.609. The van der Waals surface area contributed by atoms with E-state index in [2.05, 4.69) is 0 Å². The molecular formula is C26H20N2O4. The van der Waals surface area contributed by atoms with Crippen LogP contribution in [0.1, 0.15) is 37.1 Å². The SMILES string of the molecule is C[C@H](c1ccccc1)n1c(=O)c2cc3c(=O)n([C@H](C)c4ccccc4)c(=O)c3cc2c1=O. The van der Waals surface area contributed by atoms with E-state index in [1.54, 1.807) is 13.8 Å². The van der Waals surface area contributed by atoms with Gasteiger partial charge in [0.05, 0.1) is 33.6 Å². The summed E-state index contributed by atoms with van der Waals surface area (Å²) in [5.74, 6) is 0. The predicted molar refractivity (Wildman–Crippen MR) is 125 cm³/mol. The van der Waals surface area contributed by atoms with Crippen LogP contribution in [0, 0.1) is 0 Å². The first-order chi connectivity index (χ1) is 15.4. The third kappa shape index (κ3) is 2.80. The molecule has 6 nitrogen and oxygen atoms in total. The Balaban J connectivity index is 1.75. The summed E-state index contributed by atoms with van der Waals surface area (Å²) in [5, 5.41) is 0.637. The highest BCUT2D eigenvalue weighted by Crippen LogP contribution is 2.21. The summed E-state index contributed by atoms with van der Waals surface area (Å²) < 4.78 is 2.38. The molecule has 6 heteroatoms. The van der Waals surface area contributed by atoms with Crippen molar-refractivity contribution in [2.45, 2.75) is 25.9 Å². The summed E-state index contributed by atoms with van der Waals surface area (Å²) in [6.45, 7) is 3.56. The van der Waals surface area contributed by atoms with Gasteiger partial charge < -0.3 is 0 Å². The fraction of sp³-hybridized carbons (Fsp3) is 0.154. The molecule has 0 N–H and O–H groups in total. The Morgan fingerprint density at radius 3 is 1.06 bits per heavy atom. The molecule has 2 aromatic heterocycles. The van der Waals surface area contributed by atoms with Gasteiger partial charge in [0.2, 0.25) is 0 Å². The number of aromatic nitrogens is 2. The van der Waals surface area contributed by atoms with E-state index < -0.39 is 34.3 Å². The Hall–Kier alpha value is -4.06. The quantitative estimate of drug-likeness (QED) is 0.444. The maximum absolute atomic E-state index is 13.1. The van der Waals surface area contributed by atoms with E-state index in [-0.39, 0.29) is 21.5 Å². The Kier molecular flexibility index (Phi) is 4.51. The second kappa shape index (κ2) is 7.27. The second-order valence-electron chi connectivity index (χ2n) is 8.08. The van der Waals surface area contributed by atoms with Gasteiger partial charge in [0.1, 0.15) is 0 Å². The number of fused-ring (bicyclic) bond motifs is 2. The zero-order valence-corrected chi connectivity index (χ0v) is 17.6. The molecule has 32 heavy (non-hydrogen) atoms. The van der Waals surface area contributed by atoms with Gasteiger partial charge in [-0.05, 0) is 37.1 Å². The number of hydrogen-bond acceptors (Lipinski definition) is 4. The van der Waals surface area contributed by atoms with Crippen LogP contribution in [0.2, 0.25) is 0 Å². The van der Waals surface area contributed by atoms with Gasteiger partial charge in [-0.3, -0.25) is 28.3 Å². The molecule has 0 fully saturated rings. The summed E-state index contributed by atoms with van der Waals surface area (Å²) >= 11 is 0. The monoisotopic (exact) mass is 424 g/mol. The molecule has 0 spiro atoms. The molecule has 0 amide bonds. The van der Waals surface area contributed by atoms with Gasteiger partial charge in [-0.2, -0.15) is 0 Å². The molecule has 5 rings (SSSR count). The van der Waals surface area contributed by atoms with Crippen LogP contribution in [0.25, 0.3) is 21.5 Å². The van der Waals surface area contributed by atoms with Crippen molar-refractivity contribution >= 4 is 21.5 Å². The van der Waals surface area contributed by atoms with E-state index in [1.807, 2.05) is 60.7 Å². The molecule has 0 aliphatic heterocycles. The third-order valence-electron chi connectivity index (χ3n) is 6.29. The lowest BCUT2D eigenvalue weighted by Crippen LogP contribution is -2.29. The summed E-state index contributed by atoms with van der Waals surface area (Å²) in [6.07, 6.45) is 0. The molecule has 0 saturated carbocycles. The molecule has 0 aliphatic rings. The van der Waals surface area contributed by atoms with Crippen molar-refractivity contribution in [1.82, 2.24) is 9.13 Å². The Bertz CT molecular complexity index is 1470. The zero-order valence-electron chi connectivity index (χ0n) is 17.6. The minimum Gasteiger partial charge on any atom is -0.269 e. The van der Waals surface area contributed by atoms with E-state index in [4.69, 9.17) is 0 Å². The standard InChI is InChI=1S/C26H20N2O4/c1-15(17-9-5-3-6-10-17)27-23(29)19-13-21-22(14-20(19)24(27)30)26(32)28(25(21)31)16(2)18-11-7-4-8-12-18/h3-16H,1-2H3/t15-,16-/m1/s1. The van der Waals surface area contributed by atoms with Crippen molar-refractivity contribution in [2.75, 3.05) is 0 Å². The lowest BCUT2D eigenvalue weighted by Gasteiger charge is -2.11. The first-order valence-corrected chi connectivity index (χ1v) is 10.4. The second-order valence-corrected chi connectivity index (χ2v) is 8.08. The molecule has 158 valence electrons. The van der Waals surface area contributed by atoms with Crippen LogP contribution in [0.15, 0.2) is 92.0 Å². The summed E-state index contributed by atoms with van der Waals surface area (Å²) in [5.41, 5.74) is -0.190. The highest BCUT2D eigenvalue weighted by atomic mass is 16.2. The predicted octanol–water partition coefficient (Wildman–Crippen LogP) is 3.13. The van der Waals surface area contributed by atoms with Gasteiger partial charge in [0.15, 0.2) is 0 Å². The number of hydrogen-bond donors (Lipinski definition) is 0. The Morgan fingerprint density at radius 2 is 0.781 bits per heavy atom. The maximum Gasteiger partial charge on any atom is 0.262 e. The average molecular weight is 424 g/mol. The molecule has 0 bridgehead atoms. The number of benzene rings is 3. The molecule has 0 aliphatic carbocycles. The van der Waals surface area contributed by atoms with Crippen LogP contribution in [-0.2, 0) is 0 Å². The molecule has 3 aromatic carbocycles. The van der Waals surface area contributed by atoms with Crippen LogP contribution >= 0.6 is 0 Å². The smallest absolute Gasteiger partial charge is 0.262 e. The molecule has 5 aromatic rings. The normalized spacial score (nSPS) is 13.6. The van der Waals surface area contributed by atoms with Crippen molar-refractivity contribution in [1.29, 1.82) is 0 Å². The Labute approximate surface area is 182 Å². The summed E-state index contributed by atoms with van der Waals surface area (Å²) in [6, 6.07) is 20.4. The van der Waals surface area contributed by atoms with Crippen LogP contribution < -0.4 is 22.2 Å². The topological polar surface area (TPSA) is 78.1 Å². The lowest BCUT2D eigenvalue weighted by atomic mass is 10.1. The number of nitrogens with zero attached hydrogens (tertiary/aromatic N) is 2. The van der Waals surface area contributed by atoms with Gasteiger partial charge in [0.25, 0.3) is 22.2 Å². The summed E-state index contributed by atoms with van der Waals surface area (Å²) in [7, 11) is 0. The van der Waals surface area contributed by atoms with E-state index in [9.17, 15) is 19.2 Å². The highest BCUT2D eigenvalue weighted by molar-refractivity contribution is 5.97.